The summed E-state index contributed by atoms with van der Waals surface area (Å²) in [7, 11) is 2.16. The molecule has 17 heavy (non-hydrogen) atoms. The quantitative estimate of drug-likeness (QED) is 0.844. The summed E-state index contributed by atoms with van der Waals surface area (Å²) in [6.45, 7) is 4.79. The maximum absolute atomic E-state index is 5.59. The number of nitrogens with zero attached hydrogens (tertiary/aromatic N) is 1. The Morgan fingerprint density at radius 1 is 1.47 bits per heavy atom. The number of hydrogen-bond acceptors (Lipinski definition) is 3. The minimum atomic E-state index is 0.532. The van der Waals surface area contributed by atoms with Crippen LogP contribution in [0.3, 0.4) is 0 Å². The number of fused-ring (bicyclic) bond motifs is 1. The van der Waals surface area contributed by atoms with Crippen LogP contribution in [0.5, 0.6) is 5.75 Å². The SMILES string of the molecule is CC(CCN)N(C)Cc1ccc2c(c1)CCO2. The van der Waals surface area contributed by atoms with E-state index in [1.54, 1.807) is 0 Å². The third-order valence-corrected chi connectivity index (χ3v) is 3.52. The Bertz CT molecular complexity index is 378. The lowest BCUT2D eigenvalue weighted by Gasteiger charge is -2.24. The molecule has 0 aromatic heterocycles. The molecule has 94 valence electrons. The average Bonchev–Trinajstić information content (AvgIpc) is 2.76. The number of hydrogen-bond donors (Lipinski definition) is 1. The van der Waals surface area contributed by atoms with Crippen LogP contribution in [0.15, 0.2) is 18.2 Å². The van der Waals surface area contributed by atoms with Gasteiger partial charge in [0.15, 0.2) is 0 Å². The van der Waals surface area contributed by atoms with Gasteiger partial charge in [-0.3, -0.25) is 4.90 Å². The van der Waals surface area contributed by atoms with Crippen LogP contribution < -0.4 is 10.5 Å². The fraction of sp³-hybridized carbons (Fsp3) is 0.571. The van der Waals surface area contributed by atoms with Crippen molar-refractivity contribution in [3.8, 4) is 5.75 Å². The van der Waals surface area contributed by atoms with Crippen LogP contribution in [0.2, 0.25) is 0 Å². The van der Waals surface area contributed by atoms with Crippen LogP contribution in [-0.2, 0) is 13.0 Å². The predicted molar refractivity (Wildman–Crippen MR) is 70.2 cm³/mol. The lowest BCUT2D eigenvalue weighted by molar-refractivity contribution is 0.240. The molecule has 1 aromatic rings. The van der Waals surface area contributed by atoms with Gasteiger partial charge in [-0.25, -0.2) is 0 Å². The van der Waals surface area contributed by atoms with Crippen LogP contribution in [0.25, 0.3) is 0 Å². The van der Waals surface area contributed by atoms with Gasteiger partial charge in [-0.1, -0.05) is 12.1 Å². The normalized spacial score (nSPS) is 15.8. The van der Waals surface area contributed by atoms with Crippen molar-refractivity contribution in [3.63, 3.8) is 0 Å². The molecule has 1 aliphatic heterocycles. The molecule has 0 radical (unpaired) electrons. The molecule has 0 aliphatic carbocycles. The Morgan fingerprint density at radius 3 is 3.06 bits per heavy atom. The summed E-state index contributed by atoms with van der Waals surface area (Å²) in [6.07, 6.45) is 2.09. The van der Waals surface area contributed by atoms with E-state index in [9.17, 15) is 0 Å². The van der Waals surface area contributed by atoms with E-state index in [1.807, 2.05) is 0 Å². The molecule has 1 unspecified atom stereocenters. The highest BCUT2D eigenvalue weighted by Gasteiger charge is 2.14. The lowest BCUT2D eigenvalue weighted by atomic mass is 10.1. The van der Waals surface area contributed by atoms with E-state index in [0.29, 0.717) is 6.04 Å². The molecule has 0 bridgehead atoms. The first kappa shape index (κ1) is 12.4. The van der Waals surface area contributed by atoms with Gasteiger partial charge in [0.2, 0.25) is 0 Å². The van der Waals surface area contributed by atoms with Gasteiger partial charge in [0, 0.05) is 19.0 Å². The second-order valence-corrected chi connectivity index (χ2v) is 4.88. The number of rotatable bonds is 5. The van der Waals surface area contributed by atoms with Crippen molar-refractivity contribution in [2.75, 3.05) is 20.2 Å². The summed E-state index contributed by atoms with van der Waals surface area (Å²) >= 11 is 0. The molecule has 1 heterocycles. The number of ether oxygens (including phenoxy) is 1. The van der Waals surface area contributed by atoms with E-state index in [-0.39, 0.29) is 0 Å². The molecule has 0 fully saturated rings. The third-order valence-electron chi connectivity index (χ3n) is 3.52. The zero-order chi connectivity index (χ0) is 12.3. The Balaban J connectivity index is 1.99. The zero-order valence-corrected chi connectivity index (χ0v) is 10.8. The highest BCUT2D eigenvalue weighted by atomic mass is 16.5. The van der Waals surface area contributed by atoms with Crippen molar-refractivity contribution in [1.29, 1.82) is 0 Å². The Labute approximate surface area is 104 Å². The molecule has 1 aliphatic rings. The number of nitrogens with two attached hydrogens (primary N) is 1. The van der Waals surface area contributed by atoms with Crippen LogP contribution in [0, 0.1) is 0 Å². The molecule has 0 spiro atoms. The lowest BCUT2D eigenvalue weighted by Crippen LogP contribution is -2.30. The van der Waals surface area contributed by atoms with Crippen LogP contribution >= 0.6 is 0 Å². The fourth-order valence-corrected chi connectivity index (χ4v) is 2.24. The van der Waals surface area contributed by atoms with Gasteiger partial charge in [0.1, 0.15) is 5.75 Å². The molecule has 3 nitrogen and oxygen atoms in total. The summed E-state index contributed by atoms with van der Waals surface area (Å²) in [5, 5.41) is 0. The van der Waals surface area contributed by atoms with Gasteiger partial charge in [0.25, 0.3) is 0 Å². The molecule has 1 atom stereocenters. The van der Waals surface area contributed by atoms with E-state index in [1.165, 1.54) is 11.1 Å². The van der Waals surface area contributed by atoms with Crippen LogP contribution in [0.4, 0.5) is 0 Å². The molecule has 3 heteroatoms. The van der Waals surface area contributed by atoms with Crippen molar-refractivity contribution >= 4 is 0 Å². The average molecular weight is 234 g/mol. The van der Waals surface area contributed by atoms with Crippen LogP contribution in [0.1, 0.15) is 24.5 Å². The summed E-state index contributed by atoms with van der Waals surface area (Å²) in [5.74, 6) is 1.06. The highest BCUT2D eigenvalue weighted by molar-refractivity contribution is 5.39. The Kier molecular flexibility index (Phi) is 4.02. The fourth-order valence-electron chi connectivity index (χ4n) is 2.24. The van der Waals surface area contributed by atoms with Crippen molar-refractivity contribution in [2.45, 2.75) is 32.4 Å². The Hall–Kier alpha value is -1.06. The maximum Gasteiger partial charge on any atom is 0.122 e. The summed E-state index contributed by atoms with van der Waals surface area (Å²) in [6, 6.07) is 7.06. The molecule has 2 N–H and O–H groups in total. The van der Waals surface area contributed by atoms with Gasteiger partial charge >= 0.3 is 0 Å². The van der Waals surface area contributed by atoms with Crippen molar-refractivity contribution in [2.24, 2.45) is 5.73 Å². The van der Waals surface area contributed by atoms with Crippen LogP contribution in [-0.4, -0.2) is 31.1 Å². The number of benzene rings is 1. The molecule has 0 saturated heterocycles. The van der Waals surface area contributed by atoms with Crippen molar-refractivity contribution in [3.05, 3.63) is 29.3 Å². The Morgan fingerprint density at radius 2 is 2.29 bits per heavy atom. The maximum atomic E-state index is 5.59. The minimum Gasteiger partial charge on any atom is -0.493 e. The monoisotopic (exact) mass is 234 g/mol. The highest BCUT2D eigenvalue weighted by Crippen LogP contribution is 2.26. The topological polar surface area (TPSA) is 38.5 Å². The van der Waals surface area contributed by atoms with E-state index in [0.717, 1.165) is 38.3 Å². The zero-order valence-electron chi connectivity index (χ0n) is 10.8. The van der Waals surface area contributed by atoms with Crippen molar-refractivity contribution < 1.29 is 4.74 Å². The second kappa shape index (κ2) is 5.52. The minimum absolute atomic E-state index is 0.532. The first-order chi connectivity index (χ1) is 8.20. The first-order valence-corrected chi connectivity index (χ1v) is 6.35. The van der Waals surface area contributed by atoms with Gasteiger partial charge in [0.05, 0.1) is 6.61 Å². The van der Waals surface area contributed by atoms with Gasteiger partial charge in [-0.2, -0.15) is 0 Å². The summed E-state index contributed by atoms with van der Waals surface area (Å²) in [5.41, 5.74) is 8.30. The van der Waals surface area contributed by atoms with E-state index in [2.05, 4.69) is 37.1 Å². The molecule has 0 amide bonds. The van der Waals surface area contributed by atoms with Gasteiger partial charge in [-0.05, 0) is 44.1 Å². The van der Waals surface area contributed by atoms with E-state index < -0.39 is 0 Å². The second-order valence-electron chi connectivity index (χ2n) is 4.88. The smallest absolute Gasteiger partial charge is 0.122 e. The first-order valence-electron chi connectivity index (χ1n) is 6.35. The standard InChI is InChI=1S/C14H22N2O/c1-11(5-7-15)16(2)10-12-3-4-14-13(9-12)6-8-17-14/h3-4,9,11H,5-8,10,15H2,1-2H3. The van der Waals surface area contributed by atoms with Gasteiger partial charge in [-0.15, -0.1) is 0 Å². The predicted octanol–water partition coefficient (Wildman–Crippen LogP) is 1.79. The van der Waals surface area contributed by atoms with E-state index >= 15 is 0 Å². The molecule has 1 aromatic carbocycles. The van der Waals surface area contributed by atoms with Gasteiger partial charge < -0.3 is 10.5 Å². The largest absolute Gasteiger partial charge is 0.493 e. The van der Waals surface area contributed by atoms with Crippen molar-refractivity contribution in [1.82, 2.24) is 4.90 Å². The summed E-state index contributed by atoms with van der Waals surface area (Å²) in [4.78, 5) is 2.35. The third kappa shape index (κ3) is 2.99. The molecule has 2 rings (SSSR count). The molecular weight excluding hydrogens is 212 g/mol. The molecule has 0 saturated carbocycles. The summed E-state index contributed by atoms with van der Waals surface area (Å²) < 4.78 is 5.51. The molecular formula is C14H22N2O. The van der Waals surface area contributed by atoms with E-state index in [4.69, 9.17) is 10.5 Å².